The van der Waals surface area contributed by atoms with Gasteiger partial charge in [0, 0.05) is 6.04 Å². The van der Waals surface area contributed by atoms with Crippen molar-refractivity contribution in [2.75, 3.05) is 13.2 Å². The maximum atomic E-state index is 12.2. The minimum absolute atomic E-state index is 0.0816. The first-order valence-electron chi connectivity index (χ1n) is 7.00. The lowest BCUT2D eigenvalue weighted by atomic mass is 10.1. The Morgan fingerprint density at radius 3 is 2.50 bits per heavy atom. The highest BCUT2D eigenvalue weighted by Crippen LogP contribution is 2.15. The number of carbonyl (C=O) groups excluding carboxylic acids is 2. The van der Waals surface area contributed by atoms with Crippen molar-refractivity contribution in [3.63, 3.8) is 0 Å². The molecule has 22 heavy (non-hydrogen) atoms. The minimum Gasteiger partial charge on any atom is -0.462 e. The molecule has 2 rings (SSSR count). The fraction of sp³-hybridized carbons (Fsp3) is 0.375. The normalized spacial score (nSPS) is 21.6. The number of carbonyl (C=O) groups is 2. The lowest BCUT2D eigenvalue weighted by molar-refractivity contribution is -0.149. The van der Waals surface area contributed by atoms with Gasteiger partial charge in [-0.25, -0.2) is 9.59 Å². The second kappa shape index (κ2) is 7.37. The summed E-state index contributed by atoms with van der Waals surface area (Å²) in [5.41, 5.74) is 0.0465. The molecule has 0 aliphatic carbocycles. The molecule has 5 nitrogen and oxygen atoms in total. The maximum Gasteiger partial charge on any atom is 0.345 e. The Balaban J connectivity index is 2.25. The summed E-state index contributed by atoms with van der Waals surface area (Å²) in [6.45, 7) is 3.98. The third kappa shape index (κ3) is 4.82. The number of benzene rings is 1. The van der Waals surface area contributed by atoms with Gasteiger partial charge < -0.3 is 13.9 Å². The number of rotatable bonds is 1. The van der Waals surface area contributed by atoms with Gasteiger partial charge in [-0.1, -0.05) is 30.3 Å². The van der Waals surface area contributed by atoms with Crippen LogP contribution in [0.1, 0.15) is 19.4 Å². The number of ether oxygens (including phenoxy) is 2. The summed E-state index contributed by atoms with van der Waals surface area (Å²) in [6.07, 6.45) is 1.48. The fourth-order valence-corrected chi connectivity index (χ4v) is 2.51. The molecule has 1 aliphatic heterocycles. The lowest BCUT2D eigenvalue weighted by Gasteiger charge is -2.24. The van der Waals surface area contributed by atoms with Crippen molar-refractivity contribution in [2.24, 2.45) is 0 Å². The zero-order valence-electron chi connectivity index (χ0n) is 12.6. The van der Waals surface area contributed by atoms with E-state index in [0.717, 1.165) is 5.56 Å². The van der Waals surface area contributed by atoms with E-state index < -0.39 is 17.5 Å². The predicted molar refractivity (Wildman–Crippen MR) is 82.1 cm³/mol. The monoisotopic (exact) mass is 318 g/mol. The van der Waals surface area contributed by atoms with Crippen LogP contribution in [0.25, 0.3) is 6.08 Å². The summed E-state index contributed by atoms with van der Waals surface area (Å²) in [6, 6.07) is 9.71. The Kier molecular flexibility index (Phi) is 5.51. The molecule has 1 aliphatic rings. The van der Waals surface area contributed by atoms with E-state index in [1.807, 2.05) is 32.0 Å². The van der Waals surface area contributed by atoms with E-state index in [2.05, 4.69) is 0 Å². The second-order valence-corrected chi connectivity index (χ2v) is 6.43. The average molecular weight is 318 g/mol. The molecule has 6 heteroatoms. The van der Waals surface area contributed by atoms with Crippen LogP contribution in [0.15, 0.2) is 35.9 Å². The number of hydrogen-bond acceptors (Lipinski definition) is 5. The molecule has 0 aromatic heterocycles. The van der Waals surface area contributed by atoms with Crippen LogP contribution in [0.4, 0.5) is 0 Å². The van der Waals surface area contributed by atoms with Crippen LogP contribution in [-0.2, 0) is 23.5 Å². The highest BCUT2D eigenvalue weighted by Gasteiger charge is 2.27. The first-order chi connectivity index (χ1) is 10.5. The largest absolute Gasteiger partial charge is 0.462 e. The molecule has 116 valence electrons. The van der Waals surface area contributed by atoms with Gasteiger partial charge in [-0.2, -0.15) is 0 Å². The van der Waals surface area contributed by atoms with Gasteiger partial charge in [0.15, 0.2) is 0 Å². The smallest absolute Gasteiger partial charge is 0.345 e. The van der Waals surface area contributed by atoms with Crippen LogP contribution < -0.4 is 0 Å². The summed E-state index contributed by atoms with van der Waals surface area (Å²) in [5.74, 6) is -1.37. The van der Waals surface area contributed by atoms with E-state index in [1.165, 1.54) is 6.08 Å². The zero-order valence-corrected chi connectivity index (χ0v) is 13.6. The Morgan fingerprint density at radius 2 is 1.77 bits per heavy atom. The van der Waals surface area contributed by atoms with Crippen molar-refractivity contribution in [3.05, 3.63) is 41.5 Å². The molecule has 0 amide bonds. The van der Waals surface area contributed by atoms with Gasteiger partial charge in [-0.3, -0.25) is 0 Å². The molecule has 2 radical (unpaired) electrons. The van der Waals surface area contributed by atoms with Crippen LogP contribution >= 0.6 is 0 Å². The second-order valence-electron chi connectivity index (χ2n) is 5.44. The van der Waals surface area contributed by atoms with Crippen molar-refractivity contribution in [1.82, 2.24) is 0 Å². The molecule has 1 fully saturated rings. The van der Waals surface area contributed by atoms with Crippen LogP contribution in [0.3, 0.4) is 0 Å². The number of hydrogen-bond donors (Lipinski definition) is 0. The van der Waals surface area contributed by atoms with Crippen molar-refractivity contribution in [2.45, 2.75) is 25.5 Å². The molecule has 1 heterocycles. The molecule has 0 saturated carbocycles. The van der Waals surface area contributed by atoms with Gasteiger partial charge in [-0.05, 0) is 25.5 Å². The topological polar surface area (TPSA) is 61.8 Å². The molecule has 1 aromatic rings. The number of cyclic esters (lactones) is 2. The Hall–Kier alpha value is -1.92. The Morgan fingerprint density at radius 1 is 1.09 bits per heavy atom. The summed E-state index contributed by atoms with van der Waals surface area (Å²) in [5, 5.41) is 0. The lowest BCUT2D eigenvalue weighted by Crippen LogP contribution is -2.33. The standard InChI is InChI=1S/C16H18O5Si/c1-16(2)11-20-15(18)13(10-12-6-4-3-5-7-12)14(17)19-8-9-22-21-16/h3-7,10H,8-9,11H2,1-2H3. The first-order valence-corrected chi connectivity index (χ1v) is 8.11. The third-order valence-corrected chi connectivity index (χ3v) is 3.99. The quantitative estimate of drug-likeness (QED) is 0.343. The first kappa shape index (κ1) is 16.4. The van der Waals surface area contributed by atoms with Crippen molar-refractivity contribution in [3.8, 4) is 0 Å². The molecule has 1 aromatic carbocycles. The van der Waals surface area contributed by atoms with Gasteiger partial charge in [0.05, 0.1) is 12.2 Å². The fourth-order valence-electron chi connectivity index (χ4n) is 1.77. The Labute approximate surface area is 132 Å². The van der Waals surface area contributed by atoms with E-state index in [1.54, 1.807) is 12.1 Å². The molecular weight excluding hydrogens is 300 g/mol. The zero-order chi connectivity index (χ0) is 16.0. The SMILES string of the molecule is CC1(C)COC(=O)C(=Cc2ccccc2)C(=O)OCC[Si]O1. The third-order valence-electron chi connectivity index (χ3n) is 2.89. The van der Waals surface area contributed by atoms with Crippen LogP contribution in [0, 0.1) is 0 Å². The molecule has 0 N–H and O–H groups in total. The molecule has 0 spiro atoms. The van der Waals surface area contributed by atoms with Crippen LogP contribution in [-0.4, -0.2) is 40.5 Å². The summed E-state index contributed by atoms with van der Waals surface area (Å²) in [4.78, 5) is 24.3. The molecule has 0 atom stereocenters. The molecular formula is C16H18O5Si. The van der Waals surface area contributed by atoms with Crippen molar-refractivity contribution >= 4 is 27.8 Å². The van der Waals surface area contributed by atoms with Crippen molar-refractivity contribution < 1.29 is 23.5 Å². The maximum absolute atomic E-state index is 12.2. The van der Waals surface area contributed by atoms with Crippen LogP contribution in [0.5, 0.6) is 0 Å². The van der Waals surface area contributed by atoms with E-state index in [0.29, 0.717) is 6.04 Å². The van der Waals surface area contributed by atoms with Gasteiger partial charge in [0.25, 0.3) is 0 Å². The van der Waals surface area contributed by atoms with Crippen LogP contribution in [0.2, 0.25) is 6.04 Å². The molecule has 0 unspecified atom stereocenters. The highest BCUT2D eigenvalue weighted by atomic mass is 28.2. The summed E-state index contributed by atoms with van der Waals surface area (Å²) in [7, 11) is 0.191. The highest BCUT2D eigenvalue weighted by molar-refractivity contribution is 6.27. The van der Waals surface area contributed by atoms with Gasteiger partial charge in [0.1, 0.15) is 12.2 Å². The van der Waals surface area contributed by atoms with E-state index >= 15 is 0 Å². The van der Waals surface area contributed by atoms with E-state index in [4.69, 9.17) is 13.9 Å². The Bertz CT molecular complexity index is 565. The summed E-state index contributed by atoms with van der Waals surface area (Å²) < 4.78 is 16.0. The van der Waals surface area contributed by atoms with E-state index in [9.17, 15) is 9.59 Å². The molecule has 1 saturated heterocycles. The average Bonchev–Trinajstić information content (AvgIpc) is 2.52. The van der Waals surface area contributed by atoms with Crippen molar-refractivity contribution in [1.29, 1.82) is 0 Å². The summed E-state index contributed by atoms with van der Waals surface area (Å²) >= 11 is 0. The number of esters is 2. The predicted octanol–water partition coefficient (Wildman–Crippen LogP) is 2.00. The van der Waals surface area contributed by atoms with Gasteiger partial charge >= 0.3 is 11.9 Å². The minimum atomic E-state index is -0.698. The van der Waals surface area contributed by atoms with Gasteiger partial charge in [-0.15, -0.1) is 0 Å². The molecule has 0 bridgehead atoms. The van der Waals surface area contributed by atoms with E-state index in [-0.39, 0.29) is 28.5 Å². The van der Waals surface area contributed by atoms with Gasteiger partial charge in [0.2, 0.25) is 9.76 Å².